The summed E-state index contributed by atoms with van der Waals surface area (Å²) in [5, 5.41) is 1.60. The van der Waals surface area contributed by atoms with Crippen LogP contribution in [0.4, 0.5) is 0 Å². The number of thiazole rings is 2. The summed E-state index contributed by atoms with van der Waals surface area (Å²) in [4.78, 5) is 26.9. The lowest BCUT2D eigenvalue weighted by molar-refractivity contribution is 0.283. The predicted molar refractivity (Wildman–Crippen MR) is 90.9 cm³/mol. The Morgan fingerprint density at radius 2 is 1.57 bits per heavy atom. The minimum absolute atomic E-state index is 0.116. The molecule has 2 aromatic carbocycles. The molecule has 4 aromatic rings. The fourth-order valence-electron chi connectivity index (χ4n) is 2.15. The second-order valence-electron chi connectivity index (χ2n) is 4.72. The Labute approximate surface area is 138 Å². The summed E-state index contributed by atoms with van der Waals surface area (Å²) < 4.78 is 17.4. The van der Waals surface area contributed by atoms with Crippen molar-refractivity contribution in [3.63, 3.8) is 0 Å². The van der Waals surface area contributed by atoms with Gasteiger partial charge in [-0.05, 0) is 24.3 Å². The highest BCUT2D eigenvalue weighted by Crippen LogP contribution is 2.40. The van der Waals surface area contributed by atoms with Crippen molar-refractivity contribution in [2.75, 3.05) is 0 Å². The van der Waals surface area contributed by atoms with Gasteiger partial charge in [-0.2, -0.15) is 0 Å². The van der Waals surface area contributed by atoms with Crippen molar-refractivity contribution in [1.82, 2.24) is 9.97 Å². The van der Waals surface area contributed by atoms with E-state index in [0.717, 1.165) is 30.4 Å². The standard InChI is InChI=1S/C14H9N2O4PS2/c17-21(18,19)20-8-5-6-10-12(7-8)23-14(16-10)13-15-9-3-1-2-4-11(9)22-13/h1-7H,(H2,17,18,19). The van der Waals surface area contributed by atoms with E-state index in [1.165, 1.54) is 17.4 Å². The summed E-state index contributed by atoms with van der Waals surface area (Å²) in [6.07, 6.45) is 0. The van der Waals surface area contributed by atoms with E-state index in [1.54, 1.807) is 23.5 Å². The van der Waals surface area contributed by atoms with Crippen LogP contribution in [0.25, 0.3) is 30.4 Å². The van der Waals surface area contributed by atoms with Crippen molar-refractivity contribution in [3.05, 3.63) is 42.5 Å². The molecule has 0 aliphatic heterocycles. The number of aromatic nitrogens is 2. The van der Waals surface area contributed by atoms with Crippen LogP contribution >= 0.6 is 30.5 Å². The summed E-state index contributed by atoms with van der Waals surface area (Å²) in [7, 11) is -4.56. The fraction of sp³-hybridized carbons (Fsp3) is 0. The van der Waals surface area contributed by atoms with E-state index < -0.39 is 7.82 Å². The lowest BCUT2D eigenvalue weighted by atomic mass is 10.3. The Balaban J connectivity index is 1.77. The van der Waals surface area contributed by atoms with Crippen LogP contribution in [0.2, 0.25) is 0 Å². The Hall–Kier alpha value is -1.83. The number of fused-ring (bicyclic) bond motifs is 2. The highest BCUT2D eigenvalue weighted by atomic mass is 32.1. The van der Waals surface area contributed by atoms with Gasteiger partial charge in [0.2, 0.25) is 0 Å². The van der Waals surface area contributed by atoms with E-state index >= 15 is 0 Å². The molecule has 0 amide bonds. The first-order valence-electron chi connectivity index (χ1n) is 6.50. The summed E-state index contributed by atoms with van der Waals surface area (Å²) in [6.45, 7) is 0. The maximum absolute atomic E-state index is 10.9. The molecule has 0 saturated heterocycles. The molecule has 2 N–H and O–H groups in total. The number of phosphoric ester groups is 1. The van der Waals surface area contributed by atoms with Crippen molar-refractivity contribution in [3.8, 4) is 15.8 Å². The normalized spacial score (nSPS) is 12.1. The molecule has 9 heteroatoms. The van der Waals surface area contributed by atoms with Crippen LogP contribution in [-0.4, -0.2) is 19.8 Å². The number of hydrogen-bond acceptors (Lipinski definition) is 6. The molecule has 2 heterocycles. The Bertz CT molecular complexity index is 1040. The first-order valence-corrected chi connectivity index (χ1v) is 9.66. The third-order valence-electron chi connectivity index (χ3n) is 3.06. The molecular formula is C14H9N2O4PS2. The fourth-order valence-corrected chi connectivity index (χ4v) is 4.52. The zero-order chi connectivity index (χ0) is 16.0. The van der Waals surface area contributed by atoms with Crippen LogP contribution in [0.5, 0.6) is 5.75 Å². The lowest BCUT2D eigenvalue weighted by Gasteiger charge is -2.05. The average Bonchev–Trinajstić information content (AvgIpc) is 3.08. The van der Waals surface area contributed by atoms with Crippen molar-refractivity contribution >= 4 is 50.9 Å². The molecule has 0 radical (unpaired) electrons. The van der Waals surface area contributed by atoms with Gasteiger partial charge in [-0.25, -0.2) is 14.5 Å². The SMILES string of the molecule is O=P(O)(O)Oc1ccc2nc(-c3nc4ccccc4s3)sc2c1. The Morgan fingerprint density at radius 1 is 0.913 bits per heavy atom. The first kappa shape index (κ1) is 14.7. The number of phosphoric acid groups is 1. The lowest BCUT2D eigenvalue weighted by Crippen LogP contribution is -1.89. The quantitative estimate of drug-likeness (QED) is 0.533. The Morgan fingerprint density at radius 3 is 2.26 bits per heavy atom. The van der Waals surface area contributed by atoms with Gasteiger partial charge in [-0.3, -0.25) is 9.79 Å². The summed E-state index contributed by atoms with van der Waals surface area (Å²) in [5.41, 5.74) is 1.67. The second-order valence-corrected chi connectivity index (χ2v) is 7.94. The molecule has 0 atom stereocenters. The molecule has 0 fully saturated rings. The van der Waals surface area contributed by atoms with Gasteiger partial charge in [-0.1, -0.05) is 12.1 Å². The summed E-state index contributed by atoms with van der Waals surface area (Å²) in [5.74, 6) is 0.116. The second kappa shape index (κ2) is 5.36. The molecule has 0 saturated carbocycles. The van der Waals surface area contributed by atoms with Crippen LogP contribution in [-0.2, 0) is 4.57 Å². The van der Waals surface area contributed by atoms with Crippen LogP contribution in [0.15, 0.2) is 42.5 Å². The Kier molecular flexibility index (Phi) is 3.44. The molecule has 6 nitrogen and oxygen atoms in total. The van der Waals surface area contributed by atoms with Gasteiger partial charge < -0.3 is 4.52 Å². The van der Waals surface area contributed by atoms with Crippen molar-refractivity contribution in [1.29, 1.82) is 0 Å². The monoisotopic (exact) mass is 364 g/mol. The van der Waals surface area contributed by atoms with Crippen molar-refractivity contribution in [2.45, 2.75) is 0 Å². The smallest absolute Gasteiger partial charge is 0.404 e. The van der Waals surface area contributed by atoms with Crippen molar-refractivity contribution in [2.24, 2.45) is 0 Å². The largest absolute Gasteiger partial charge is 0.524 e. The maximum atomic E-state index is 10.9. The molecule has 4 rings (SSSR count). The summed E-state index contributed by atoms with van der Waals surface area (Å²) in [6, 6.07) is 12.6. The third kappa shape index (κ3) is 2.99. The maximum Gasteiger partial charge on any atom is 0.524 e. The van der Waals surface area contributed by atoms with Crippen LogP contribution in [0.3, 0.4) is 0 Å². The third-order valence-corrected chi connectivity index (χ3v) is 5.71. The van der Waals surface area contributed by atoms with Gasteiger partial charge >= 0.3 is 7.82 Å². The van der Waals surface area contributed by atoms with Crippen LogP contribution in [0.1, 0.15) is 0 Å². The van der Waals surface area contributed by atoms with E-state index in [1.807, 2.05) is 24.3 Å². The zero-order valence-electron chi connectivity index (χ0n) is 11.4. The molecule has 0 bridgehead atoms. The van der Waals surface area contributed by atoms with Gasteiger partial charge in [-0.15, -0.1) is 22.7 Å². The highest BCUT2D eigenvalue weighted by Gasteiger charge is 2.17. The minimum atomic E-state index is -4.56. The van der Waals surface area contributed by atoms with Crippen LogP contribution in [0, 0.1) is 0 Å². The minimum Gasteiger partial charge on any atom is -0.404 e. The van der Waals surface area contributed by atoms with Crippen LogP contribution < -0.4 is 4.52 Å². The van der Waals surface area contributed by atoms with Gasteiger partial charge in [0.25, 0.3) is 0 Å². The molecule has 0 aliphatic rings. The number of benzene rings is 2. The first-order chi connectivity index (χ1) is 11.0. The summed E-state index contributed by atoms with van der Waals surface area (Å²) >= 11 is 2.97. The molecule has 0 spiro atoms. The number of nitrogens with zero attached hydrogens (tertiary/aromatic N) is 2. The van der Waals surface area contributed by atoms with E-state index in [-0.39, 0.29) is 5.75 Å². The molecule has 0 unspecified atom stereocenters. The van der Waals surface area contributed by atoms with Gasteiger partial charge in [0, 0.05) is 6.07 Å². The number of para-hydroxylation sites is 1. The van der Waals surface area contributed by atoms with E-state index in [4.69, 9.17) is 9.79 Å². The topological polar surface area (TPSA) is 92.5 Å². The predicted octanol–water partition coefficient (Wildman–Crippen LogP) is 4.04. The van der Waals surface area contributed by atoms with Crippen molar-refractivity contribution < 1.29 is 18.9 Å². The molecular weight excluding hydrogens is 355 g/mol. The number of rotatable bonds is 3. The highest BCUT2D eigenvalue weighted by molar-refractivity contribution is 7.46. The van der Waals surface area contributed by atoms with Gasteiger partial charge in [0.15, 0.2) is 10.0 Å². The molecule has 2 aromatic heterocycles. The molecule has 23 heavy (non-hydrogen) atoms. The molecule has 116 valence electrons. The zero-order valence-corrected chi connectivity index (χ0v) is 13.9. The average molecular weight is 364 g/mol. The van der Waals surface area contributed by atoms with E-state index in [0.29, 0.717) is 0 Å². The van der Waals surface area contributed by atoms with E-state index in [9.17, 15) is 4.57 Å². The van der Waals surface area contributed by atoms with E-state index in [2.05, 4.69) is 14.5 Å². The van der Waals surface area contributed by atoms with Gasteiger partial charge in [0.1, 0.15) is 5.75 Å². The number of hydrogen-bond donors (Lipinski definition) is 2. The van der Waals surface area contributed by atoms with Gasteiger partial charge in [0.05, 0.1) is 20.4 Å². The molecule has 0 aliphatic carbocycles.